The summed E-state index contributed by atoms with van der Waals surface area (Å²) < 4.78 is 0. The number of hydrogen-bond acceptors (Lipinski definition) is 2. The molecule has 2 saturated carbocycles. The van der Waals surface area contributed by atoms with Gasteiger partial charge in [-0.05, 0) is 25.7 Å². The predicted molar refractivity (Wildman–Crippen MR) is 63.0 cm³/mol. The zero-order chi connectivity index (χ0) is 11.6. The number of amides is 1. The molecule has 0 heterocycles. The number of carbonyl (C=O) groups is 1. The molecule has 3 heteroatoms. The molecular weight excluding hydrogens is 202 g/mol. The predicted octanol–water partition coefficient (Wildman–Crippen LogP) is 1.85. The first-order chi connectivity index (χ1) is 7.60. The van der Waals surface area contributed by atoms with Crippen LogP contribution in [-0.4, -0.2) is 24.2 Å². The highest BCUT2D eigenvalue weighted by molar-refractivity contribution is 5.82. The van der Waals surface area contributed by atoms with Crippen LogP contribution in [0.3, 0.4) is 0 Å². The van der Waals surface area contributed by atoms with Crippen LogP contribution in [0.25, 0.3) is 0 Å². The first kappa shape index (κ1) is 11.9. The monoisotopic (exact) mass is 225 g/mol. The van der Waals surface area contributed by atoms with Crippen LogP contribution in [0.1, 0.15) is 51.9 Å². The zero-order valence-electron chi connectivity index (χ0n) is 10.2. The molecule has 0 radical (unpaired) electrons. The molecule has 0 unspecified atom stereocenters. The van der Waals surface area contributed by atoms with E-state index in [4.69, 9.17) is 0 Å². The van der Waals surface area contributed by atoms with E-state index in [1.165, 1.54) is 19.3 Å². The topological polar surface area (TPSA) is 49.3 Å². The van der Waals surface area contributed by atoms with E-state index in [-0.39, 0.29) is 23.3 Å². The molecule has 0 aromatic heterocycles. The fourth-order valence-corrected chi connectivity index (χ4v) is 2.61. The SMILES string of the molecule is CC1(C(=O)NCC2(CO)CC2)CCCCC1. The third-order valence-electron chi connectivity index (χ3n) is 4.42. The Kier molecular flexibility index (Phi) is 3.24. The number of hydrogen-bond donors (Lipinski definition) is 2. The van der Waals surface area contributed by atoms with E-state index < -0.39 is 0 Å². The van der Waals surface area contributed by atoms with Crippen molar-refractivity contribution in [3.05, 3.63) is 0 Å². The first-order valence-corrected chi connectivity index (χ1v) is 6.50. The summed E-state index contributed by atoms with van der Waals surface area (Å²) in [6.45, 7) is 2.96. The Hall–Kier alpha value is -0.570. The van der Waals surface area contributed by atoms with Gasteiger partial charge >= 0.3 is 0 Å². The third-order valence-corrected chi connectivity index (χ3v) is 4.42. The summed E-state index contributed by atoms with van der Waals surface area (Å²) in [4.78, 5) is 12.1. The van der Waals surface area contributed by atoms with Crippen molar-refractivity contribution in [1.82, 2.24) is 5.32 Å². The number of rotatable bonds is 4. The van der Waals surface area contributed by atoms with Crippen molar-refractivity contribution in [2.75, 3.05) is 13.2 Å². The summed E-state index contributed by atoms with van der Waals surface area (Å²) >= 11 is 0. The highest BCUT2D eigenvalue weighted by Crippen LogP contribution is 2.44. The Bertz CT molecular complexity index is 265. The minimum Gasteiger partial charge on any atom is -0.396 e. The highest BCUT2D eigenvalue weighted by Gasteiger charge is 2.43. The minimum absolute atomic E-state index is 0.0285. The smallest absolute Gasteiger partial charge is 0.225 e. The van der Waals surface area contributed by atoms with Crippen molar-refractivity contribution in [2.45, 2.75) is 51.9 Å². The van der Waals surface area contributed by atoms with Crippen molar-refractivity contribution < 1.29 is 9.90 Å². The van der Waals surface area contributed by atoms with Gasteiger partial charge in [-0.2, -0.15) is 0 Å². The zero-order valence-corrected chi connectivity index (χ0v) is 10.2. The van der Waals surface area contributed by atoms with Crippen molar-refractivity contribution in [2.24, 2.45) is 10.8 Å². The molecule has 0 aromatic rings. The van der Waals surface area contributed by atoms with Crippen LogP contribution in [0.15, 0.2) is 0 Å². The molecule has 0 spiro atoms. The Balaban J connectivity index is 1.82. The molecule has 3 nitrogen and oxygen atoms in total. The summed E-state index contributed by atoms with van der Waals surface area (Å²) in [7, 11) is 0. The molecule has 2 rings (SSSR count). The average molecular weight is 225 g/mol. The van der Waals surface area contributed by atoms with Gasteiger partial charge in [0.25, 0.3) is 0 Å². The van der Waals surface area contributed by atoms with E-state index in [2.05, 4.69) is 12.2 Å². The van der Waals surface area contributed by atoms with Gasteiger partial charge in [0, 0.05) is 17.4 Å². The van der Waals surface area contributed by atoms with E-state index in [1.54, 1.807) is 0 Å². The lowest BCUT2D eigenvalue weighted by Gasteiger charge is -2.32. The lowest BCUT2D eigenvalue weighted by molar-refractivity contribution is -0.132. The molecule has 2 N–H and O–H groups in total. The summed E-state index contributed by atoms with van der Waals surface area (Å²) in [5.41, 5.74) is -0.121. The van der Waals surface area contributed by atoms with E-state index in [1.807, 2.05) is 0 Å². The van der Waals surface area contributed by atoms with Crippen LogP contribution in [0, 0.1) is 10.8 Å². The summed E-state index contributed by atoms with van der Waals surface area (Å²) in [5.74, 6) is 0.201. The number of carbonyl (C=O) groups excluding carboxylic acids is 1. The largest absolute Gasteiger partial charge is 0.396 e. The van der Waals surface area contributed by atoms with Gasteiger partial charge in [0.05, 0.1) is 6.61 Å². The number of aliphatic hydroxyl groups is 1. The second-order valence-electron chi connectivity index (χ2n) is 5.96. The van der Waals surface area contributed by atoms with Gasteiger partial charge in [-0.25, -0.2) is 0 Å². The molecule has 16 heavy (non-hydrogen) atoms. The molecule has 1 amide bonds. The number of aliphatic hydroxyl groups excluding tert-OH is 1. The van der Waals surface area contributed by atoms with E-state index in [9.17, 15) is 9.90 Å². The summed E-state index contributed by atoms with van der Waals surface area (Å²) in [6, 6.07) is 0. The fourth-order valence-electron chi connectivity index (χ4n) is 2.61. The van der Waals surface area contributed by atoms with Crippen molar-refractivity contribution >= 4 is 5.91 Å². The van der Waals surface area contributed by atoms with Gasteiger partial charge in [-0.1, -0.05) is 26.2 Å². The Morgan fingerprint density at radius 2 is 1.81 bits per heavy atom. The van der Waals surface area contributed by atoms with E-state index in [0.29, 0.717) is 6.54 Å². The molecule has 0 aromatic carbocycles. The number of nitrogens with one attached hydrogen (secondary N) is 1. The van der Waals surface area contributed by atoms with Gasteiger partial charge in [-0.3, -0.25) is 4.79 Å². The molecule has 0 aliphatic heterocycles. The Morgan fingerprint density at radius 1 is 1.19 bits per heavy atom. The van der Waals surface area contributed by atoms with Crippen LogP contribution in [0.5, 0.6) is 0 Å². The van der Waals surface area contributed by atoms with Crippen LogP contribution in [0.4, 0.5) is 0 Å². The molecule has 2 aliphatic rings. The Labute approximate surface area is 97.6 Å². The molecule has 0 atom stereocenters. The molecule has 2 aliphatic carbocycles. The fraction of sp³-hybridized carbons (Fsp3) is 0.923. The summed E-state index contributed by atoms with van der Waals surface area (Å²) in [5, 5.41) is 12.2. The van der Waals surface area contributed by atoms with Crippen molar-refractivity contribution in [1.29, 1.82) is 0 Å². The Morgan fingerprint density at radius 3 is 2.31 bits per heavy atom. The normalized spacial score (nSPS) is 26.1. The highest BCUT2D eigenvalue weighted by atomic mass is 16.3. The maximum atomic E-state index is 12.1. The van der Waals surface area contributed by atoms with Gasteiger partial charge < -0.3 is 10.4 Å². The van der Waals surface area contributed by atoms with Crippen LogP contribution >= 0.6 is 0 Å². The van der Waals surface area contributed by atoms with Gasteiger partial charge in [0.1, 0.15) is 0 Å². The molecule has 0 bridgehead atoms. The lowest BCUT2D eigenvalue weighted by Crippen LogP contribution is -2.43. The molecule has 0 saturated heterocycles. The van der Waals surface area contributed by atoms with Crippen molar-refractivity contribution in [3.63, 3.8) is 0 Å². The van der Waals surface area contributed by atoms with Gasteiger partial charge in [0.2, 0.25) is 5.91 Å². The van der Waals surface area contributed by atoms with E-state index in [0.717, 1.165) is 25.7 Å². The summed E-state index contributed by atoms with van der Waals surface area (Å²) in [6.07, 6.45) is 7.77. The van der Waals surface area contributed by atoms with Gasteiger partial charge in [-0.15, -0.1) is 0 Å². The quantitative estimate of drug-likeness (QED) is 0.767. The maximum absolute atomic E-state index is 12.1. The van der Waals surface area contributed by atoms with Crippen molar-refractivity contribution in [3.8, 4) is 0 Å². The third kappa shape index (κ3) is 2.40. The van der Waals surface area contributed by atoms with Crippen LogP contribution in [-0.2, 0) is 4.79 Å². The second-order valence-corrected chi connectivity index (χ2v) is 5.96. The second kappa shape index (κ2) is 4.36. The van der Waals surface area contributed by atoms with Crippen LogP contribution < -0.4 is 5.32 Å². The standard InChI is InChI=1S/C13H23NO2/c1-12(5-3-2-4-6-12)11(16)14-9-13(10-15)7-8-13/h15H,2-10H2,1H3,(H,14,16). The minimum atomic E-state index is -0.149. The first-order valence-electron chi connectivity index (χ1n) is 6.50. The van der Waals surface area contributed by atoms with Gasteiger partial charge in [0.15, 0.2) is 0 Å². The molecular formula is C13H23NO2. The molecule has 2 fully saturated rings. The average Bonchev–Trinajstić information content (AvgIpc) is 3.07. The van der Waals surface area contributed by atoms with Crippen LogP contribution in [0.2, 0.25) is 0 Å². The lowest BCUT2D eigenvalue weighted by atomic mass is 9.75. The maximum Gasteiger partial charge on any atom is 0.225 e. The van der Waals surface area contributed by atoms with E-state index >= 15 is 0 Å². The molecule has 92 valence electrons.